The molecule has 0 aliphatic carbocycles. The number of hydrogen-bond acceptors (Lipinski definition) is 8. The molecule has 1 saturated heterocycles. The molecule has 240 valence electrons. The SMILES string of the molecule is CC(=O)NC(=Cc1ccc(C(C(=O)O)C(=O)O)c(C(=O)O)c1)C(=O)N[C@H]1CSCCN(Cc2ccc(OC(F)(F)F)cc2)C1=O. The fourth-order valence-electron chi connectivity index (χ4n) is 4.28. The second-order valence-corrected chi connectivity index (χ2v) is 10.7. The van der Waals surface area contributed by atoms with Crippen LogP contribution in [0.25, 0.3) is 6.08 Å². The van der Waals surface area contributed by atoms with Gasteiger partial charge in [0, 0.05) is 31.5 Å². The number of alkyl halides is 3. The number of benzene rings is 2. The molecule has 45 heavy (non-hydrogen) atoms. The number of ether oxygens (including phenoxy) is 1. The monoisotopic (exact) mass is 653 g/mol. The third-order valence-electron chi connectivity index (χ3n) is 6.21. The molecule has 5 N–H and O–H groups in total. The van der Waals surface area contributed by atoms with Crippen LogP contribution in [-0.4, -0.2) is 86.3 Å². The van der Waals surface area contributed by atoms with Crippen molar-refractivity contribution in [3.63, 3.8) is 0 Å². The predicted molar refractivity (Wildman–Crippen MR) is 151 cm³/mol. The molecule has 13 nitrogen and oxygen atoms in total. The van der Waals surface area contributed by atoms with Crippen LogP contribution in [0.3, 0.4) is 0 Å². The van der Waals surface area contributed by atoms with Gasteiger partial charge in [0.25, 0.3) is 5.91 Å². The molecule has 3 rings (SSSR count). The van der Waals surface area contributed by atoms with Gasteiger partial charge in [-0.1, -0.05) is 24.3 Å². The number of aliphatic carboxylic acids is 2. The van der Waals surface area contributed by atoms with Gasteiger partial charge in [-0.2, -0.15) is 11.8 Å². The van der Waals surface area contributed by atoms with Gasteiger partial charge in [-0.15, -0.1) is 13.2 Å². The molecule has 0 saturated carbocycles. The first-order valence-corrected chi connectivity index (χ1v) is 14.1. The highest BCUT2D eigenvalue weighted by molar-refractivity contribution is 7.99. The van der Waals surface area contributed by atoms with Crippen molar-refractivity contribution in [1.29, 1.82) is 0 Å². The van der Waals surface area contributed by atoms with Gasteiger partial charge in [-0.25, -0.2) is 4.79 Å². The predicted octanol–water partition coefficient (Wildman–Crippen LogP) is 2.27. The molecule has 0 aromatic heterocycles. The van der Waals surface area contributed by atoms with Crippen LogP contribution in [0.4, 0.5) is 13.2 Å². The highest BCUT2D eigenvalue weighted by atomic mass is 32.2. The van der Waals surface area contributed by atoms with Crippen LogP contribution in [0.1, 0.15) is 39.9 Å². The number of amides is 3. The zero-order valence-electron chi connectivity index (χ0n) is 23.3. The number of hydrogen-bond donors (Lipinski definition) is 5. The Hall–Kier alpha value is -5.06. The zero-order chi connectivity index (χ0) is 33.5. The summed E-state index contributed by atoms with van der Waals surface area (Å²) in [5.41, 5.74) is -1.09. The Bertz CT molecular complexity index is 1510. The lowest BCUT2D eigenvalue weighted by molar-refractivity contribution is -0.274. The highest BCUT2D eigenvalue weighted by Crippen LogP contribution is 2.25. The van der Waals surface area contributed by atoms with E-state index in [9.17, 15) is 57.3 Å². The van der Waals surface area contributed by atoms with Crippen LogP contribution in [-0.2, 0) is 30.5 Å². The number of aromatic carboxylic acids is 1. The summed E-state index contributed by atoms with van der Waals surface area (Å²) in [6.07, 6.45) is -3.79. The van der Waals surface area contributed by atoms with E-state index in [1.54, 1.807) is 0 Å². The van der Waals surface area contributed by atoms with Gasteiger partial charge in [0.15, 0.2) is 5.92 Å². The molecule has 2 aromatic rings. The van der Waals surface area contributed by atoms with E-state index in [-0.39, 0.29) is 24.4 Å². The van der Waals surface area contributed by atoms with Crippen molar-refractivity contribution in [2.75, 3.05) is 18.1 Å². The number of nitrogens with one attached hydrogen (secondary N) is 2. The molecule has 17 heteroatoms. The molecule has 1 aliphatic heterocycles. The normalized spacial score (nSPS) is 15.7. The lowest BCUT2D eigenvalue weighted by atomic mass is 9.92. The van der Waals surface area contributed by atoms with Gasteiger partial charge in [0.2, 0.25) is 11.8 Å². The Morgan fingerprint density at radius 3 is 2.27 bits per heavy atom. The topological polar surface area (TPSA) is 200 Å². The maximum absolute atomic E-state index is 13.3. The maximum atomic E-state index is 13.3. The third kappa shape index (κ3) is 9.72. The van der Waals surface area contributed by atoms with E-state index >= 15 is 0 Å². The first-order chi connectivity index (χ1) is 21.1. The molecule has 1 aliphatic rings. The molecule has 1 heterocycles. The van der Waals surface area contributed by atoms with Crippen molar-refractivity contribution in [3.8, 4) is 5.75 Å². The van der Waals surface area contributed by atoms with E-state index < -0.39 is 76.5 Å². The van der Waals surface area contributed by atoms with Crippen LogP contribution in [0.2, 0.25) is 0 Å². The number of carbonyl (C=O) groups is 6. The average Bonchev–Trinajstić information content (AvgIpc) is 3.09. The maximum Gasteiger partial charge on any atom is 0.573 e. The van der Waals surface area contributed by atoms with Crippen LogP contribution in [0.15, 0.2) is 48.2 Å². The number of carboxylic acids is 3. The van der Waals surface area contributed by atoms with E-state index in [0.29, 0.717) is 11.3 Å². The first-order valence-electron chi connectivity index (χ1n) is 12.9. The van der Waals surface area contributed by atoms with Gasteiger partial charge < -0.3 is 35.6 Å². The highest BCUT2D eigenvalue weighted by Gasteiger charge is 2.33. The summed E-state index contributed by atoms with van der Waals surface area (Å²) in [5.74, 6) is -9.31. The molecular weight excluding hydrogens is 627 g/mol. The Labute approximate surface area is 257 Å². The molecular formula is C28H26F3N3O10S. The first kappa shape index (κ1) is 34.4. The number of rotatable bonds is 11. The summed E-state index contributed by atoms with van der Waals surface area (Å²) < 4.78 is 41.2. The van der Waals surface area contributed by atoms with Gasteiger partial charge in [0.1, 0.15) is 17.5 Å². The van der Waals surface area contributed by atoms with Gasteiger partial charge in [0.05, 0.1) is 5.56 Å². The second kappa shape index (κ2) is 14.6. The second-order valence-electron chi connectivity index (χ2n) is 9.55. The largest absolute Gasteiger partial charge is 0.573 e. The van der Waals surface area contributed by atoms with Crippen LogP contribution >= 0.6 is 11.8 Å². The standard InChI is InChI=1S/C28H26F3N3O10S/c1-14(35)32-20(11-16-4-7-18(19(10-16)25(38)39)22(26(40)41)27(42)43)23(36)33-21-13-45-9-8-34(24(21)37)12-15-2-5-17(6-3-15)44-28(29,30)31/h2-7,10-11,21-22H,8-9,12-13H2,1H3,(H,32,35)(H,33,36)(H,38,39)(H,40,41)(H,42,43)/t21-/m0/s1. The Balaban J connectivity index is 1.84. The van der Waals surface area contributed by atoms with Crippen molar-refractivity contribution in [1.82, 2.24) is 15.5 Å². The zero-order valence-corrected chi connectivity index (χ0v) is 24.1. The molecule has 1 fully saturated rings. The molecule has 0 bridgehead atoms. The Morgan fingerprint density at radius 1 is 1.07 bits per heavy atom. The van der Waals surface area contributed by atoms with E-state index in [1.807, 2.05) is 0 Å². The Morgan fingerprint density at radius 2 is 1.71 bits per heavy atom. The van der Waals surface area contributed by atoms with E-state index in [2.05, 4.69) is 15.4 Å². The molecule has 0 unspecified atom stereocenters. The molecule has 1 atom stereocenters. The summed E-state index contributed by atoms with van der Waals surface area (Å²) in [7, 11) is 0. The summed E-state index contributed by atoms with van der Waals surface area (Å²) in [6.45, 7) is 1.38. The fourth-order valence-corrected chi connectivity index (χ4v) is 5.26. The molecule has 3 amide bonds. The van der Waals surface area contributed by atoms with Crippen molar-refractivity contribution < 1.29 is 62.0 Å². The third-order valence-corrected chi connectivity index (χ3v) is 7.25. The number of thioether (sulfide) groups is 1. The fraction of sp³-hybridized carbons (Fsp3) is 0.286. The molecule has 2 aromatic carbocycles. The van der Waals surface area contributed by atoms with Crippen molar-refractivity contribution >= 4 is 53.5 Å². The van der Waals surface area contributed by atoms with Crippen LogP contribution in [0, 0.1) is 0 Å². The number of nitrogens with zero attached hydrogens (tertiary/aromatic N) is 1. The van der Waals surface area contributed by atoms with Gasteiger partial charge in [-0.05, 0) is 41.0 Å². The minimum Gasteiger partial charge on any atom is -0.480 e. The quantitative estimate of drug-likeness (QED) is 0.176. The lowest BCUT2D eigenvalue weighted by Crippen LogP contribution is -2.50. The van der Waals surface area contributed by atoms with E-state index in [1.165, 1.54) is 28.8 Å². The summed E-state index contributed by atoms with van der Waals surface area (Å²) in [6, 6.07) is 6.92. The number of carbonyl (C=O) groups excluding carboxylic acids is 3. The average molecular weight is 654 g/mol. The van der Waals surface area contributed by atoms with Gasteiger partial charge in [-0.3, -0.25) is 24.0 Å². The van der Waals surface area contributed by atoms with Crippen LogP contribution < -0.4 is 15.4 Å². The summed E-state index contributed by atoms with van der Waals surface area (Å²) in [4.78, 5) is 74.6. The Kier molecular flexibility index (Phi) is 11.2. The lowest BCUT2D eigenvalue weighted by Gasteiger charge is -2.25. The smallest absolute Gasteiger partial charge is 0.480 e. The minimum atomic E-state index is -4.86. The summed E-state index contributed by atoms with van der Waals surface area (Å²) >= 11 is 1.35. The van der Waals surface area contributed by atoms with E-state index in [4.69, 9.17) is 0 Å². The number of carboxylic acid groups (broad SMARTS) is 3. The van der Waals surface area contributed by atoms with Crippen molar-refractivity contribution in [2.45, 2.75) is 31.8 Å². The molecule has 0 spiro atoms. The van der Waals surface area contributed by atoms with Crippen molar-refractivity contribution in [3.05, 3.63) is 70.4 Å². The van der Waals surface area contributed by atoms with Crippen molar-refractivity contribution in [2.24, 2.45) is 0 Å². The number of halogens is 3. The van der Waals surface area contributed by atoms with Gasteiger partial charge >= 0.3 is 24.3 Å². The summed E-state index contributed by atoms with van der Waals surface area (Å²) in [5, 5.41) is 33.0. The minimum absolute atomic E-state index is 0.00859. The van der Waals surface area contributed by atoms with E-state index in [0.717, 1.165) is 43.3 Å². The molecule has 0 radical (unpaired) electrons. The van der Waals surface area contributed by atoms with Crippen LogP contribution in [0.5, 0.6) is 5.75 Å².